The van der Waals surface area contributed by atoms with E-state index in [-0.39, 0.29) is 19.3 Å². The Balaban J connectivity index is 2.01. The second kappa shape index (κ2) is 6.58. The number of aryl methyl sites for hydroxylation is 1. The highest BCUT2D eigenvalue weighted by molar-refractivity contribution is 5.58. The lowest BCUT2D eigenvalue weighted by Crippen LogP contribution is -2.25. The average Bonchev–Trinajstić information content (AvgIpc) is 2.85. The third-order valence-electron chi connectivity index (χ3n) is 2.83. The summed E-state index contributed by atoms with van der Waals surface area (Å²) in [6, 6.07) is 7.86. The summed E-state index contributed by atoms with van der Waals surface area (Å²) in [5, 5.41) is 22.1. The molecule has 0 saturated carbocycles. The molecule has 1 heterocycles. The van der Waals surface area contributed by atoms with Crippen molar-refractivity contribution in [2.24, 2.45) is 0 Å². The van der Waals surface area contributed by atoms with E-state index in [4.69, 9.17) is 4.74 Å². The van der Waals surface area contributed by atoms with Crippen LogP contribution in [0.3, 0.4) is 0 Å². The van der Waals surface area contributed by atoms with Gasteiger partial charge in [0.25, 0.3) is 0 Å². The molecule has 0 bridgehead atoms. The Morgan fingerprint density at radius 1 is 1.30 bits per heavy atom. The van der Waals surface area contributed by atoms with Crippen LogP contribution in [0.15, 0.2) is 24.3 Å². The highest BCUT2D eigenvalue weighted by Gasteiger charge is 2.12. The van der Waals surface area contributed by atoms with E-state index in [1.54, 1.807) is 0 Å². The van der Waals surface area contributed by atoms with E-state index in [9.17, 15) is 5.11 Å². The lowest BCUT2D eigenvalue weighted by molar-refractivity contribution is -0.00379. The third-order valence-corrected chi connectivity index (χ3v) is 2.83. The SMILES string of the molecule is Cc1ccccc1-c1nnn(CC(O)COC(C)C)n1. The summed E-state index contributed by atoms with van der Waals surface area (Å²) in [4.78, 5) is 1.40. The minimum Gasteiger partial charge on any atom is -0.389 e. The van der Waals surface area contributed by atoms with Gasteiger partial charge in [-0.25, -0.2) is 0 Å². The van der Waals surface area contributed by atoms with Crippen molar-refractivity contribution in [3.05, 3.63) is 29.8 Å². The zero-order chi connectivity index (χ0) is 14.5. The van der Waals surface area contributed by atoms with E-state index in [0.717, 1.165) is 11.1 Å². The van der Waals surface area contributed by atoms with Gasteiger partial charge in [0, 0.05) is 5.56 Å². The smallest absolute Gasteiger partial charge is 0.205 e. The van der Waals surface area contributed by atoms with Crippen LogP contribution in [0.5, 0.6) is 0 Å². The van der Waals surface area contributed by atoms with Crippen LogP contribution in [-0.2, 0) is 11.3 Å². The lowest BCUT2D eigenvalue weighted by atomic mass is 10.1. The number of benzene rings is 1. The number of rotatable bonds is 6. The first kappa shape index (κ1) is 14.6. The summed E-state index contributed by atoms with van der Waals surface area (Å²) in [6.45, 7) is 6.39. The number of hydrogen-bond donors (Lipinski definition) is 1. The van der Waals surface area contributed by atoms with Crippen LogP contribution in [0.25, 0.3) is 11.4 Å². The quantitative estimate of drug-likeness (QED) is 0.864. The van der Waals surface area contributed by atoms with Gasteiger partial charge in [0.1, 0.15) is 0 Å². The molecule has 0 aliphatic carbocycles. The largest absolute Gasteiger partial charge is 0.389 e. The fourth-order valence-corrected chi connectivity index (χ4v) is 1.80. The molecule has 20 heavy (non-hydrogen) atoms. The van der Waals surface area contributed by atoms with Crippen molar-refractivity contribution >= 4 is 0 Å². The first-order chi connectivity index (χ1) is 9.56. The number of tetrazole rings is 1. The second-order valence-electron chi connectivity index (χ2n) is 5.02. The van der Waals surface area contributed by atoms with Crippen molar-refractivity contribution < 1.29 is 9.84 Å². The van der Waals surface area contributed by atoms with Crippen molar-refractivity contribution in [1.29, 1.82) is 0 Å². The fraction of sp³-hybridized carbons (Fsp3) is 0.500. The third kappa shape index (κ3) is 3.85. The van der Waals surface area contributed by atoms with E-state index >= 15 is 0 Å². The molecule has 2 rings (SSSR count). The van der Waals surface area contributed by atoms with E-state index in [0.29, 0.717) is 5.82 Å². The monoisotopic (exact) mass is 276 g/mol. The Morgan fingerprint density at radius 2 is 2.05 bits per heavy atom. The molecule has 1 atom stereocenters. The van der Waals surface area contributed by atoms with Crippen molar-refractivity contribution in [3.63, 3.8) is 0 Å². The molecule has 0 spiro atoms. The van der Waals surface area contributed by atoms with Gasteiger partial charge in [0.15, 0.2) is 0 Å². The standard InChI is InChI=1S/C14H20N4O2/c1-10(2)20-9-12(19)8-18-16-14(15-17-18)13-7-5-4-6-11(13)3/h4-7,10,12,19H,8-9H2,1-3H3. The van der Waals surface area contributed by atoms with Gasteiger partial charge in [0.05, 0.1) is 25.4 Å². The van der Waals surface area contributed by atoms with Gasteiger partial charge in [-0.05, 0) is 31.5 Å². The average molecular weight is 276 g/mol. The Kier molecular flexibility index (Phi) is 4.81. The van der Waals surface area contributed by atoms with Crippen molar-refractivity contribution in [2.75, 3.05) is 6.61 Å². The van der Waals surface area contributed by atoms with Crippen molar-refractivity contribution in [3.8, 4) is 11.4 Å². The van der Waals surface area contributed by atoms with Crippen LogP contribution in [0, 0.1) is 6.92 Å². The molecule has 0 aliphatic heterocycles. The summed E-state index contributed by atoms with van der Waals surface area (Å²) >= 11 is 0. The topological polar surface area (TPSA) is 73.1 Å². The summed E-state index contributed by atoms with van der Waals surface area (Å²) in [5.41, 5.74) is 2.04. The van der Waals surface area contributed by atoms with Gasteiger partial charge < -0.3 is 9.84 Å². The van der Waals surface area contributed by atoms with E-state index in [1.165, 1.54) is 4.80 Å². The summed E-state index contributed by atoms with van der Waals surface area (Å²) in [7, 11) is 0. The molecule has 6 heteroatoms. The van der Waals surface area contributed by atoms with Crippen LogP contribution in [0.4, 0.5) is 0 Å². The van der Waals surface area contributed by atoms with Crippen molar-refractivity contribution in [1.82, 2.24) is 20.2 Å². The van der Waals surface area contributed by atoms with Gasteiger partial charge in [-0.15, -0.1) is 10.2 Å². The molecule has 6 nitrogen and oxygen atoms in total. The maximum absolute atomic E-state index is 9.83. The van der Waals surface area contributed by atoms with E-state index in [1.807, 2.05) is 45.0 Å². The minimum atomic E-state index is -0.642. The number of hydrogen-bond acceptors (Lipinski definition) is 5. The lowest BCUT2D eigenvalue weighted by Gasteiger charge is -2.12. The van der Waals surface area contributed by atoms with Gasteiger partial charge in [-0.2, -0.15) is 4.80 Å². The van der Waals surface area contributed by atoms with Crippen molar-refractivity contribution in [2.45, 2.75) is 39.5 Å². The first-order valence-corrected chi connectivity index (χ1v) is 6.69. The molecule has 0 aliphatic rings. The molecule has 0 amide bonds. The molecule has 0 saturated heterocycles. The molecule has 0 radical (unpaired) electrons. The van der Waals surface area contributed by atoms with Crippen LogP contribution in [0.1, 0.15) is 19.4 Å². The van der Waals surface area contributed by atoms with Crippen LogP contribution >= 0.6 is 0 Å². The number of aliphatic hydroxyl groups is 1. The number of nitrogens with zero attached hydrogens (tertiary/aromatic N) is 4. The molecular formula is C14H20N4O2. The first-order valence-electron chi connectivity index (χ1n) is 6.69. The van der Waals surface area contributed by atoms with Gasteiger partial charge in [-0.3, -0.25) is 0 Å². The zero-order valence-corrected chi connectivity index (χ0v) is 12.0. The van der Waals surface area contributed by atoms with Gasteiger partial charge in [-0.1, -0.05) is 24.3 Å². The molecule has 1 N–H and O–H groups in total. The molecule has 1 unspecified atom stereocenters. The minimum absolute atomic E-state index is 0.0934. The van der Waals surface area contributed by atoms with Gasteiger partial charge >= 0.3 is 0 Å². The molecule has 2 aromatic rings. The Labute approximate surface area is 118 Å². The normalized spacial score (nSPS) is 12.8. The molecule has 108 valence electrons. The maximum Gasteiger partial charge on any atom is 0.205 e. The Bertz CT molecular complexity index is 554. The number of aliphatic hydroxyl groups excluding tert-OH is 1. The highest BCUT2D eigenvalue weighted by atomic mass is 16.5. The molecule has 1 aromatic heterocycles. The molecule has 0 fully saturated rings. The molecular weight excluding hydrogens is 256 g/mol. The Morgan fingerprint density at radius 3 is 2.75 bits per heavy atom. The predicted octanol–water partition coefficient (Wildman–Crippen LogP) is 1.43. The fourth-order valence-electron chi connectivity index (χ4n) is 1.80. The second-order valence-corrected chi connectivity index (χ2v) is 5.02. The molecule has 1 aromatic carbocycles. The zero-order valence-electron chi connectivity index (χ0n) is 12.0. The van der Waals surface area contributed by atoms with Crippen LogP contribution in [0.2, 0.25) is 0 Å². The van der Waals surface area contributed by atoms with Crippen LogP contribution in [-0.4, -0.2) is 44.1 Å². The van der Waals surface area contributed by atoms with E-state index in [2.05, 4.69) is 15.4 Å². The predicted molar refractivity (Wildman–Crippen MR) is 75.1 cm³/mol. The van der Waals surface area contributed by atoms with Crippen LogP contribution < -0.4 is 0 Å². The Hall–Kier alpha value is -1.79. The number of ether oxygens (including phenoxy) is 1. The summed E-state index contributed by atoms with van der Waals surface area (Å²) in [6.07, 6.45) is -0.549. The highest BCUT2D eigenvalue weighted by Crippen LogP contribution is 2.17. The summed E-state index contributed by atoms with van der Waals surface area (Å²) < 4.78 is 5.35. The van der Waals surface area contributed by atoms with Gasteiger partial charge in [0.2, 0.25) is 5.82 Å². The number of aromatic nitrogens is 4. The summed E-state index contributed by atoms with van der Waals surface area (Å²) in [5.74, 6) is 0.570. The maximum atomic E-state index is 9.83. The van der Waals surface area contributed by atoms with E-state index < -0.39 is 6.10 Å².